The van der Waals surface area contributed by atoms with Gasteiger partial charge < -0.3 is 11.1 Å². The molecule has 7 nitrogen and oxygen atoms in total. The molecular weight excluding hydrogens is 408 g/mol. The van der Waals surface area contributed by atoms with E-state index in [2.05, 4.69) is 15.5 Å². The average Bonchev–Trinajstić information content (AvgIpc) is 3.09. The quantitative estimate of drug-likeness (QED) is 0.643. The minimum Gasteiger partial charge on any atom is -0.397 e. The topological polar surface area (TPSA) is 115 Å². The molecule has 2 aromatic heterocycles. The summed E-state index contributed by atoms with van der Waals surface area (Å²) in [5.74, 6) is -0.207. The van der Waals surface area contributed by atoms with Crippen LogP contribution in [0.4, 0.5) is 5.69 Å². The van der Waals surface area contributed by atoms with Crippen LogP contribution in [-0.4, -0.2) is 30.3 Å². The van der Waals surface area contributed by atoms with Crippen LogP contribution in [-0.2, 0) is 29.2 Å². The van der Waals surface area contributed by atoms with Crippen molar-refractivity contribution in [3.63, 3.8) is 0 Å². The Kier molecular flexibility index (Phi) is 5.26. The zero-order valence-corrected chi connectivity index (χ0v) is 17.7. The number of amides is 1. The van der Waals surface area contributed by atoms with E-state index in [4.69, 9.17) is 5.73 Å². The third kappa shape index (κ3) is 3.72. The van der Waals surface area contributed by atoms with Gasteiger partial charge in [-0.1, -0.05) is 19.1 Å². The van der Waals surface area contributed by atoms with Crippen molar-refractivity contribution < 1.29 is 13.2 Å². The molecule has 0 atom stereocenters. The van der Waals surface area contributed by atoms with E-state index >= 15 is 0 Å². The van der Waals surface area contributed by atoms with Crippen molar-refractivity contribution in [1.82, 2.24) is 15.5 Å². The molecule has 9 heteroatoms. The summed E-state index contributed by atoms with van der Waals surface area (Å²) in [4.78, 5) is 14.1. The number of aromatic nitrogens is 2. The van der Waals surface area contributed by atoms with Gasteiger partial charge in [0.05, 0.1) is 22.0 Å². The summed E-state index contributed by atoms with van der Waals surface area (Å²) in [7, 11) is -3.23. The molecule has 0 radical (unpaired) electrons. The second kappa shape index (κ2) is 7.72. The molecule has 3 aromatic rings. The summed E-state index contributed by atoms with van der Waals surface area (Å²) >= 11 is 1.26. The fourth-order valence-corrected chi connectivity index (χ4v) is 5.45. The molecule has 29 heavy (non-hydrogen) atoms. The predicted molar refractivity (Wildman–Crippen MR) is 114 cm³/mol. The lowest BCUT2D eigenvalue weighted by Gasteiger charge is -2.14. The van der Waals surface area contributed by atoms with Crippen molar-refractivity contribution >= 4 is 43.0 Å². The van der Waals surface area contributed by atoms with Gasteiger partial charge in [-0.2, -0.15) is 5.10 Å². The van der Waals surface area contributed by atoms with Gasteiger partial charge in [-0.15, -0.1) is 16.4 Å². The van der Waals surface area contributed by atoms with Gasteiger partial charge >= 0.3 is 0 Å². The minimum absolute atomic E-state index is 0.0564. The number of anilines is 1. The number of benzene rings is 1. The molecule has 0 aliphatic heterocycles. The number of nitrogens with two attached hydrogens (primary N) is 1. The number of nitrogens with one attached hydrogen (secondary N) is 1. The van der Waals surface area contributed by atoms with E-state index in [0.29, 0.717) is 15.4 Å². The number of sulfone groups is 1. The summed E-state index contributed by atoms with van der Waals surface area (Å²) in [5.41, 5.74) is 9.73. The number of fused-ring (bicyclic) bond motifs is 3. The predicted octanol–water partition coefficient (Wildman–Crippen LogP) is 2.88. The largest absolute Gasteiger partial charge is 0.397 e. The van der Waals surface area contributed by atoms with Gasteiger partial charge in [0.1, 0.15) is 9.71 Å². The maximum atomic E-state index is 12.7. The highest BCUT2D eigenvalue weighted by molar-refractivity contribution is 7.91. The molecule has 1 aliphatic rings. The fraction of sp³-hybridized carbons (Fsp3) is 0.350. The van der Waals surface area contributed by atoms with Gasteiger partial charge in [0, 0.05) is 11.9 Å². The maximum Gasteiger partial charge on any atom is 0.263 e. The first-order chi connectivity index (χ1) is 13.9. The van der Waals surface area contributed by atoms with Crippen LogP contribution in [0.5, 0.6) is 0 Å². The highest BCUT2D eigenvalue weighted by Crippen LogP contribution is 2.37. The van der Waals surface area contributed by atoms with Crippen LogP contribution < -0.4 is 11.1 Å². The van der Waals surface area contributed by atoms with E-state index in [1.807, 2.05) is 0 Å². The van der Waals surface area contributed by atoms with Crippen molar-refractivity contribution in [1.29, 1.82) is 0 Å². The van der Waals surface area contributed by atoms with E-state index < -0.39 is 9.84 Å². The van der Waals surface area contributed by atoms with Crippen LogP contribution in [0.1, 0.15) is 46.3 Å². The van der Waals surface area contributed by atoms with Crippen molar-refractivity contribution in [3.05, 3.63) is 46.0 Å². The van der Waals surface area contributed by atoms with Gasteiger partial charge in [0.25, 0.3) is 5.91 Å². The number of hydrogen-bond donors (Lipinski definition) is 2. The van der Waals surface area contributed by atoms with Gasteiger partial charge in [0.15, 0.2) is 9.84 Å². The van der Waals surface area contributed by atoms with Gasteiger partial charge in [0.2, 0.25) is 0 Å². The molecule has 0 bridgehead atoms. The number of nitrogen functional groups attached to an aromatic ring is 1. The zero-order chi connectivity index (χ0) is 20.6. The monoisotopic (exact) mass is 430 g/mol. The van der Waals surface area contributed by atoms with Gasteiger partial charge in [-0.05, 0) is 48.9 Å². The van der Waals surface area contributed by atoms with Crippen LogP contribution in [0.25, 0.3) is 10.2 Å². The van der Waals surface area contributed by atoms with E-state index in [1.54, 1.807) is 31.2 Å². The Morgan fingerprint density at radius 2 is 1.90 bits per heavy atom. The summed E-state index contributed by atoms with van der Waals surface area (Å²) in [6.45, 7) is 1.89. The number of rotatable bonds is 5. The molecule has 4 rings (SSSR count). The lowest BCUT2D eigenvalue weighted by Crippen LogP contribution is -2.22. The molecule has 3 N–H and O–H groups in total. The van der Waals surface area contributed by atoms with Crippen LogP contribution in [0.15, 0.2) is 29.2 Å². The Bertz CT molecular complexity index is 1180. The van der Waals surface area contributed by atoms with Crippen molar-refractivity contribution in [3.8, 4) is 0 Å². The first kappa shape index (κ1) is 19.8. The summed E-state index contributed by atoms with van der Waals surface area (Å²) in [5, 5.41) is 12.3. The SMILES string of the molecule is CCS(=O)(=O)c1ccc(CNC(=O)c2sc3nnc4c(c3c2N)CCCC4)cc1. The Morgan fingerprint density at radius 1 is 1.17 bits per heavy atom. The molecular formula is C20H22N4O3S2. The molecule has 0 spiro atoms. The first-order valence-electron chi connectivity index (χ1n) is 9.57. The van der Waals surface area contributed by atoms with Crippen LogP contribution >= 0.6 is 11.3 Å². The fourth-order valence-electron chi connectivity index (χ4n) is 3.58. The molecule has 1 amide bonds. The van der Waals surface area contributed by atoms with Crippen molar-refractivity contribution in [2.75, 3.05) is 11.5 Å². The van der Waals surface area contributed by atoms with Crippen LogP contribution in [0.2, 0.25) is 0 Å². The van der Waals surface area contributed by atoms with Gasteiger partial charge in [-0.25, -0.2) is 8.42 Å². The molecule has 0 saturated heterocycles. The van der Waals surface area contributed by atoms with Crippen molar-refractivity contribution in [2.45, 2.75) is 44.0 Å². The highest BCUT2D eigenvalue weighted by Gasteiger charge is 2.23. The molecule has 1 aromatic carbocycles. The number of carbonyl (C=O) groups excluding carboxylic acids is 1. The summed E-state index contributed by atoms with van der Waals surface area (Å²) in [6.07, 6.45) is 4.01. The van der Waals surface area contributed by atoms with Gasteiger partial charge in [-0.3, -0.25) is 4.79 Å². The van der Waals surface area contributed by atoms with E-state index in [9.17, 15) is 13.2 Å². The van der Waals surface area contributed by atoms with Crippen LogP contribution in [0, 0.1) is 0 Å². The average molecular weight is 431 g/mol. The number of aryl methyl sites for hydroxylation is 2. The number of nitrogens with zero attached hydrogens (tertiary/aromatic N) is 2. The maximum absolute atomic E-state index is 12.7. The first-order valence-corrected chi connectivity index (χ1v) is 12.0. The molecule has 0 fully saturated rings. The molecule has 1 aliphatic carbocycles. The lowest BCUT2D eigenvalue weighted by atomic mass is 9.94. The highest BCUT2D eigenvalue weighted by atomic mass is 32.2. The Labute approximate surface area is 173 Å². The molecule has 0 unspecified atom stereocenters. The molecule has 2 heterocycles. The van der Waals surface area contributed by atoms with E-state index in [1.165, 1.54) is 11.3 Å². The van der Waals surface area contributed by atoms with Crippen molar-refractivity contribution in [2.24, 2.45) is 0 Å². The standard InChI is InChI=1S/C20H22N4O3S2/c1-2-29(26,27)13-9-7-12(8-10-13)11-22-19(25)18-17(21)16-14-5-3-4-6-15(14)23-24-20(16)28-18/h7-10H,2-6,11,21H2,1H3,(H,22,25). The number of hydrogen-bond acceptors (Lipinski definition) is 7. The van der Waals surface area contributed by atoms with E-state index in [-0.39, 0.29) is 23.1 Å². The summed E-state index contributed by atoms with van der Waals surface area (Å²) in [6, 6.07) is 6.55. The smallest absolute Gasteiger partial charge is 0.263 e. The molecule has 152 valence electrons. The molecule has 0 saturated carbocycles. The minimum atomic E-state index is -3.23. The second-order valence-electron chi connectivity index (χ2n) is 7.09. The third-order valence-electron chi connectivity index (χ3n) is 5.25. The summed E-state index contributed by atoms with van der Waals surface area (Å²) < 4.78 is 23.8. The second-order valence-corrected chi connectivity index (χ2v) is 10.4. The normalized spacial score (nSPS) is 14.0. The van der Waals surface area contributed by atoms with E-state index in [0.717, 1.165) is 47.9 Å². The Morgan fingerprint density at radius 3 is 2.62 bits per heavy atom. The zero-order valence-electron chi connectivity index (χ0n) is 16.1. The Balaban J connectivity index is 1.53. The number of thiophene rings is 1. The third-order valence-corrected chi connectivity index (χ3v) is 8.09. The van der Waals surface area contributed by atoms with Crippen LogP contribution in [0.3, 0.4) is 0 Å². The lowest BCUT2D eigenvalue weighted by molar-refractivity contribution is 0.0956. The Hall–Kier alpha value is -2.52. The number of carbonyl (C=O) groups is 1.